The van der Waals surface area contributed by atoms with E-state index in [0.717, 1.165) is 11.1 Å². The Labute approximate surface area is 135 Å². The van der Waals surface area contributed by atoms with Crippen molar-refractivity contribution >= 4 is 11.9 Å². The van der Waals surface area contributed by atoms with Crippen LogP contribution in [-0.2, 0) is 0 Å². The zero-order valence-electron chi connectivity index (χ0n) is 13.2. The zero-order valence-corrected chi connectivity index (χ0v) is 13.2. The predicted molar refractivity (Wildman–Crippen MR) is 90.6 cm³/mol. The van der Waals surface area contributed by atoms with Gasteiger partial charge in [-0.05, 0) is 55.8 Å². The standard InChI is InChI=1S/C19H19NO3/c1-14(2)9-11-23-16-6-7-17(19(22)12-16)18(21)8-5-15-4-3-10-20-13-15/h3-10,12-13,22H,11H2,1-2H3. The van der Waals surface area contributed by atoms with Gasteiger partial charge in [0, 0.05) is 18.5 Å². The zero-order chi connectivity index (χ0) is 16.7. The van der Waals surface area contributed by atoms with Crippen molar-refractivity contribution < 1.29 is 14.6 Å². The third-order valence-corrected chi connectivity index (χ3v) is 3.09. The van der Waals surface area contributed by atoms with Gasteiger partial charge in [-0.25, -0.2) is 0 Å². The number of hydrogen-bond acceptors (Lipinski definition) is 4. The van der Waals surface area contributed by atoms with E-state index in [9.17, 15) is 9.90 Å². The molecule has 0 fully saturated rings. The summed E-state index contributed by atoms with van der Waals surface area (Å²) in [5, 5.41) is 10.0. The molecule has 0 saturated carbocycles. The lowest BCUT2D eigenvalue weighted by Gasteiger charge is -2.06. The molecule has 23 heavy (non-hydrogen) atoms. The fraction of sp³-hybridized carbons (Fsp3) is 0.158. The predicted octanol–water partition coefficient (Wildman–Crippen LogP) is 4.03. The van der Waals surface area contributed by atoms with Gasteiger partial charge in [0.1, 0.15) is 18.1 Å². The van der Waals surface area contributed by atoms with Crippen LogP contribution in [0.4, 0.5) is 0 Å². The number of ether oxygens (including phenoxy) is 1. The fourth-order valence-corrected chi connectivity index (χ4v) is 1.85. The molecule has 0 aliphatic heterocycles. The van der Waals surface area contributed by atoms with Crippen molar-refractivity contribution in [1.82, 2.24) is 4.98 Å². The normalized spacial score (nSPS) is 10.5. The first-order valence-electron chi connectivity index (χ1n) is 7.28. The molecule has 1 heterocycles. The first kappa shape index (κ1) is 16.5. The number of hydrogen-bond donors (Lipinski definition) is 1. The van der Waals surface area contributed by atoms with Crippen molar-refractivity contribution in [1.29, 1.82) is 0 Å². The maximum absolute atomic E-state index is 12.1. The summed E-state index contributed by atoms with van der Waals surface area (Å²) in [4.78, 5) is 16.1. The van der Waals surface area contributed by atoms with Crippen molar-refractivity contribution in [3.8, 4) is 11.5 Å². The molecule has 0 aliphatic carbocycles. The topological polar surface area (TPSA) is 59.4 Å². The van der Waals surface area contributed by atoms with Crippen molar-refractivity contribution in [2.75, 3.05) is 6.61 Å². The van der Waals surface area contributed by atoms with Crippen LogP contribution in [0.15, 0.2) is 60.5 Å². The lowest BCUT2D eigenvalue weighted by atomic mass is 10.1. The molecule has 0 saturated heterocycles. The number of phenols is 1. The molecule has 4 heteroatoms. The van der Waals surface area contributed by atoms with E-state index in [-0.39, 0.29) is 17.1 Å². The maximum atomic E-state index is 12.1. The lowest BCUT2D eigenvalue weighted by Crippen LogP contribution is -1.98. The van der Waals surface area contributed by atoms with Gasteiger partial charge in [-0.3, -0.25) is 9.78 Å². The summed E-state index contributed by atoms with van der Waals surface area (Å²) in [5.41, 5.74) is 2.21. The van der Waals surface area contributed by atoms with Crippen molar-refractivity contribution in [3.63, 3.8) is 0 Å². The number of carbonyl (C=O) groups is 1. The summed E-state index contributed by atoms with van der Waals surface area (Å²) in [6, 6.07) is 8.31. The van der Waals surface area contributed by atoms with Gasteiger partial charge in [0.15, 0.2) is 5.78 Å². The average Bonchev–Trinajstić information content (AvgIpc) is 2.53. The van der Waals surface area contributed by atoms with Crippen molar-refractivity contribution in [2.24, 2.45) is 0 Å². The Kier molecular flexibility index (Phi) is 5.69. The van der Waals surface area contributed by atoms with Crippen molar-refractivity contribution in [2.45, 2.75) is 13.8 Å². The van der Waals surface area contributed by atoms with Crippen LogP contribution in [0.3, 0.4) is 0 Å². The number of pyridine rings is 1. The number of rotatable bonds is 6. The molecular weight excluding hydrogens is 290 g/mol. The SMILES string of the molecule is CC(C)=CCOc1ccc(C(=O)C=Cc2cccnc2)c(O)c1. The van der Waals surface area contributed by atoms with Gasteiger partial charge in [-0.2, -0.15) is 0 Å². The minimum absolute atomic E-state index is 0.0967. The monoisotopic (exact) mass is 309 g/mol. The molecule has 0 bridgehead atoms. The van der Waals surface area contributed by atoms with Crippen LogP contribution in [0.1, 0.15) is 29.8 Å². The molecular formula is C19H19NO3. The van der Waals surface area contributed by atoms with Gasteiger partial charge >= 0.3 is 0 Å². The highest BCUT2D eigenvalue weighted by Crippen LogP contribution is 2.24. The van der Waals surface area contributed by atoms with Gasteiger partial charge < -0.3 is 9.84 Å². The summed E-state index contributed by atoms with van der Waals surface area (Å²) in [6.45, 7) is 4.39. The number of ketones is 1. The van der Waals surface area contributed by atoms with Crippen LogP contribution >= 0.6 is 0 Å². The van der Waals surface area contributed by atoms with E-state index in [4.69, 9.17) is 4.74 Å². The highest BCUT2D eigenvalue weighted by molar-refractivity contribution is 6.08. The summed E-state index contributed by atoms with van der Waals surface area (Å²) in [5.74, 6) is 0.149. The quantitative estimate of drug-likeness (QED) is 0.497. The summed E-state index contributed by atoms with van der Waals surface area (Å²) < 4.78 is 5.49. The lowest BCUT2D eigenvalue weighted by molar-refractivity contribution is 0.104. The Morgan fingerprint density at radius 1 is 1.30 bits per heavy atom. The Morgan fingerprint density at radius 3 is 2.78 bits per heavy atom. The van der Waals surface area contributed by atoms with E-state index in [1.165, 1.54) is 12.1 Å². The number of aromatic nitrogens is 1. The Bertz CT molecular complexity index is 730. The third-order valence-electron chi connectivity index (χ3n) is 3.09. The highest BCUT2D eigenvalue weighted by atomic mass is 16.5. The van der Waals surface area contributed by atoms with E-state index >= 15 is 0 Å². The Balaban J connectivity index is 2.06. The molecule has 0 unspecified atom stereocenters. The van der Waals surface area contributed by atoms with Crippen LogP contribution in [0.25, 0.3) is 6.08 Å². The molecule has 2 rings (SSSR count). The molecule has 1 aromatic heterocycles. The van der Waals surface area contributed by atoms with Crippen LogP contribution in [0.2, 0.25) is 0 Å². The van der Waals surface area contributed by atoms with Gasteiger partial charge in [0.25, 0.3) is 0 Å². The first-order chi connectivity index (χ1) is 11.1. The Morgan fingerprint density at radius 2 is 2.13 bits per heavy atom. The van der Waals surface area contributed by atoms with Gasteiger partial charge in [0.2, 0.25) is 0 Å². The molecule has 2 aromatic rings. The average molecular weight is 309 g/mol. The molecule has 0 spiro atoms. The third kappa shape index (κ3) is 5.11. The number of nitrogens with zero attached hydrogens (tertiary/aromatic N) is 1. The van der Waals surface area contributed by atoms with E-state index in [1.807, 2.05) is 26.0 Å². The van der Waals surface area contributed by atoms with Crippen LogP contribution in [0.5, 0.6) is 11.5 Å². The molecule has 1 aromatic carbocycles. The van der Waals surface area contributed by atoms with Crippen molar-refractivity contribution in [3.05, 3.63) is 71.6 Å². The molecule has 1 N–H and O–H groups in total. The molecule has 118 valence electrons. The molecule has 4 nitrogen and oxygen atoms in total. The van der Waals surface area contributed by atoms with E-state index < -0.39 is 0 Å². The number of carbonyl (C=O) groups excluding carboxylic acids is 1. The summed E-state index contributed by atoms with van der Waals surface area (Å²) in [6.07, 6.45) is 8.33. The summed E-state index contributed by atoms with van der Waals surface area (Å²) >= 11 is 0. The molecule has 0 aliphatic rings. The Hall–Kier alpha value is -2.88. The number of allylic oxidation sites excluding steroid dienone is 2. The number of aromatic hydroxyl groups is 1. The smallest absolute Gasteiger partial charge is 0.189 e. The van der Waals surface area contributed by atoms with E-state index in [1.54, 1.807) is 36.7 Å². The number of benzene rings is 1. The minimum atomic E-state index is -0.276. The van der Waals surface area contributed by atoms with Gasteiger partial charge in [0.05, 0.1) is 5.56 Å². The largest absolute Gasteiger partial charge is 0.507 e. The number of phenolic OH excluding ortho intramolecular Hbond substituents is 1. The van der Waals surface area contributed by atoms with Gasteiger partial charge in [-0.15, -0.1) is 0 Å². The van der Waals surface area contributed by atoms with E-state index in [2.05, 4.69) is 4.98 Å². The second kappa shape index (κ2) is 7.94. The molecule has 0 amide bonds. The van der Waals surface area contributed by atoms with Crippen LogP contribution in [0, 0.1) is 0 Å². The second-order valence-corrected chi connectivity index (χ2v) is 5.26. The maximum Gasteiger partial charge on any atom is 0.189 e. The van der Waals surface area contributed by atoms with Gasteiger partial charge in [-0.1, -0.05) is 11.6 Å². The second-order valence-electron chi connectivity index (χ2n) is 5.26. The molecule has 0 atom stereocenters. The summed E-state index contributed by atoms with van der Waals surface area (Å²) in [7, 11) is 0. The van der Waals surface area contributed by atoms with E-state index in [0.29, 0.717) is 12.4 Å². The fourth-order valence-electron chi connectivity index (χ4n) is 1.85. The molecule has 0 radical (unpaired) electrons. The minimum Gasteiger partial charge on any atom is -0.507 e. The van der Waals surface area contributed by atoms with Crippen LogP contribution in [-0.4, -0.2) is 22.5 Å². The first-order valence-corrected chi connectivity index (χ1v) is 7.28. The van der Waals surface area contributed by atoms with Crippen LogP contribution < -0.4 is 4.74 Å². The highest BCUT2D eigenvalue weighted by Gasteiger charge is 2.09.